The van der Waals surface area contributed by atoms with Gasteiger partial charge >= 0.3 is 6.09 Å². The maximum Gasteiger partial charge on any atom is 0.407 e. The molecule has 1 amide bonds. The zero-order valence-electron chi connectivity index (χ0n) is 16.1. The Balaban J connectivity index is 1.67. The van der Waals surface area contributed by atoms with E-state index in [1.807, 2.05) is 20.8 Å². The van der Waals surface area contributed by atoms with Gasteiger partial charge in [0.15, 0.2) is 0 Å². The molecule has 24 heavy (non-hydrogen) atoms. The molecule has 1 aliphatic heterocycles. The van der Waals surface area contributed by atoms with Crippen molar-refractivity contribution in [1.82, 2.24) is 15.5 Å². The Bertz CT molecular complexity index is 387. The molecule has 2 N–H and O–H groups in total. The van der Waals surface area contributed by atoms with E-state index in [1.165, 1.54) is 45.3 Å². The molecule has 2 unspecified atom stereocenters. The summed E-state index contributed by atoms with van der Waals surface area (Å²) in [6.45, 7) is 12.8. The predicted molar refractivity (Wildman–Crippen MR) is 98.3 cm³/mol. The summed E-state index contributed by atoms with van der Waals surface area (Å²) < 4.78 is 5.38. The van der Waals surface area contributed by atoms with Crippen LogP contribution in [-0.4, -0.2) is 54.9 Å². The molecule has 2 fully saturated rings. The Labute approximate surface area is 147 Å². The zero-order chi connectivity index (χ0) is 17.6. The highest BCUT2D eigenvalue weighted by Gasteiger charge is 2.26. The molecular weight excluding hydrogens is 302 g/mol. The molecule has 1 saturated heterocycles. The second-order valence-electron chi connectivity index (χ2n) is 8.49. The molecule has 2 rings (SSSR count). The molecule has 0 aromatic carbocycles. The minimum Gasteiger partial charge on any atom is -0.444 e. The van der Waals surface area contributed by atoms with Gasteiger partial charge in [-0.2, -0.15) is 0 Å². The summed E-state index contributed by atoms with van der Waals surface area (Å²) in [7, 11) is 0. The summed E-state index contributed by atoms with van der Waals surface area (Å²) in [5.41, 5.74) is -0.427. The average molecular weight is 340 g/mol. The summed E-state index contributed by atoms with van der Waals surface area (Å²) >= 11 is 0. The Morgan fingerprint density at radius 1 is 1.12 bits per heavy atom. The standard InChI is InChI=1S/C19H37N3O2/c1-5-22-11-9-15(10-12-22)14-20-16-7-6-8-17(13-16)21-18(23)24-19(2,3)4/h15-17,20H,5-14H2,1-4H3,(H,21,23). The first kappa shape index (κ1) is 19.5. The van der Waals surface area contributed by atoms with E-state index in [2.05, 4.69) is 22.5 Å². The van der Waals surface area contributed by atoms with Crippen molar-refractivity contribution in [3.63, 3.8) is 0 Å². The number of rotatable bonds is 5. The minimum atomic E-state index is -0.427. The number of nitrogens with one attached hydrogen (secondary N) is 2. The summed E-state index contributed by atoms with van der Waals surface area (Å²) in [6, 6.07) is 0.774. The van der Waals surface area contributed by atoms with Gasteiger partial charge in [0.2, 0.25) is 0 Å². The molecule has 2 atom stereocenters. The second-order valence-corrected chi connectivity index (χ2v) is 8.49. The number of hydrogen-bond acceptors (Lipinski definition) is 4. The van der Waals surface area contributed by atoms with Crippen molar-refractivity contribution in [2.24, 2.45) is 5.92 Å². The molecule has 0 spiro atoms. The van der Waals surface area contributed by atoms with Gasteiger partial charge in [-0.25, -0.2) is 4.79 Å². The molecule has 1 aliphatic carbocycles. The van der Waals surface area contributed by atoms with Crippen LogP contribution >= 0.6 is 0 Å². The lowest BCUT2D eigenvalue weighted by Gasteiger charge is -2.34. The Kier molecular flexibility index (Phi) is 7.35. The van der Waals surface area contributed by atoms with Gasteiger partial charge in [-0.3, -0.25) is 0 Å². The normalized spacial score (nSPS) is 27.0. The number of nitrogens with zero attached hydrogens (tertiary/aromatic N) is 1. The van der Waals surface area contributed by atoms with Crippen LogP contribution in [0.1, 0.15) is 66.2 Å². The monoisotopic (exact) mass is 339 g/mol. The lowest BCUT2D eigenvalue weighted by Crippen LogP contribution is -2.47. The van der Waals surface area contributed by atoms with E-state index in [-0.39, 0.29) is 12.1 Å². The summed E-state index contributed by atoms with van der Waals surface area (Å²) in [5.74, 6) is 0.812. The quantitative estimate of drug-likeness (QED) is 0.808. The molecule has 140 valence electrons. The number of hydrogen-bond donors (Lipinski definition) is 2. The highest BCUT2D eigenvalue weighted by molar-refractivity contribution is 5.68. The number of carbonyl (C=O) groups is 1. The maximum atomic E-state index is 11.9. The van der Waals surface area contributed by atoms with E-state index in [9.17, 15) is 4.79 Å². The molecule has 1 saturated carbocycles. The number of alkyl carbamates (subject to hydrolysis) is 1. The molecular formula is C19H37N3O2. The number of carbonyl (C=O) groups excluding carboxylic acids is 1. The van der Waals surface area contributed by atoms with Crippen LogP contribution in [-0.2, 0) is 4.74 Å². The Morgan fingerprint density at radius 3 is 2.42 bits per heavy atom. The van der Waals surface area contributed by atoms with E-state index >= 15 is 0 Å². The molecule has 5 heteroatoms. The van der Waals surface area contributed by atoms with E-state index in [4.69, 9.17) is 4.74 Å². The highest BCUT2D eigenvalue weighted by atomic mass is 16.6. The molecule has 0 aromatic heterocycles. The van der Waals surface area contributed by atoms with Gasteiger partial charge in [-0.05, 0) is 91.4 Å². The molecule has 2 aliphatic rings. The lowest BCUT2D eigenvalue weighted by molar-refractivity contribution is 0.0488. The van der Waals surface area contributed by atoms with Gasteiger partial charge in [0.1, 0.15) is 5.60 Å². The number of ether oxygens (including phenoxy) is 1. The van der Waals surface area contributed by atoms with Crippen LogP contribution in [0.15, 0.2) is 0 Å². The van der Waals surface area contributed by atoms with Gasteiger partial charge in [0, 0.05) is 12.1 Å². The predicted octanol–water partition coefficient (Wildman–Crippen LogP) is 3.14. The third-order valence-corrected chi connectivity index (χ3v) is 5.24. The maximum absolute atomic E-state index is 11.9. The van der Waals surface area contributed by atoms with Crippen LogP contribution < -0.4 is 10.6 Å². The van der Waals surface area contributed by atoms with Gasteiger partial charge in [-0.15, -0.1) is 0 Å². The molecule has 0 bridgehead atoms. The van der Waals surface area contributed by atoms with E-state index < -0.39 is 5.60 Å². The van der Waals surface area contributed by atoms with Crippen molar-refractivity contribution in [1.29, 1.82) is 0 Å². The topological polar surface area (TPSA) is 53.6 Å². The fraction of sp³-hybridized carbons (Fsp3) is 0.947. The number of likely N-dealkylation sites (tertiary alicyclic amines) is 1. The van der Waals surface area contributed by atoms with Crippen LogP contribution in [0.2, 0.25) is 0 Å². The highest BCUT2D eigenvalue weighted by Crippen LogP contribution is 2.21. The van der Waals surface area contributed by atoms with Crippen molar-refractivity contribution in [2.45, 2.75) is 83.9 Å². The van der Waals surface area contributed by atoms with Crippen molar-refractivity contribution in [3.8, 4) is 0 Å². The van der Waals surface area contributed by atoms with Crippen LogP contribution in [0.4, 0.5) is 4.79 Å². The zero-order valence-corrected chi connectivity index (χ0v) is 16.1. The van der Waals surface area contributed by atoms with Crippen LogP contribution in [0, 0.1) is 5.92 Å². The van der Waals surface area contributed by atoms with Gasteiger partial charge < -0.3 is 20.3 Å². The average Bonchev–Trinajstić information content (AvgIpc) is 2.52. The first-order valence-corrected chi connectivity index (χ1v) is 9.81. The van der Waals surface area contributed by atoms with Crippen LogP contribution in [0.25, 0.3) is 0 Å². The summed E-state index contributed by atoms with van der Waals surface area (Å²) in [4.78, 5) is 14.5. The van der Waals surface area contributed by atoms with Crippen molar-refractivity contribution < 1.29 is 9.53 Å². The third-order valence-electron chi connectivity index (χ3n) is 5.24. The Hall–Kier alpha value is -0.810. The lowest BCUT2D eigenvalue weighted by atomic mass is 9.90. The third kappa shape index (κ3) is 6.98. The number of piperidine rings is 1. The summed E-state index contributed by atoms with van der Waals surface area (Å²) in [5, 5.41) is 6.81. The second kappa shape index (κ2) is 9.04. The largest absolute Gasteiger partial charge is 0.444 e. The SMILES string of the molecule is CCN1CCC(CNC2CCCC(NC(=O)OC(C)(C)C)C2)CC1. The first-order chi connectivity index (χ1) is 11.4. The molecule has 1 heterocycles. The molecule has 0 radical (unpaired) electrons. The van der Waals surface area contributed by atoms with Gasteiger partial charge in [-0.1, -0.05) is 6.92 Å². The van der Waals surface area contributed by atoms with Crippen LogP contribution in [0.3, 0.4) is 0 Å². The van der Waals surface area contributed by atoms with E-state index in [1.54, 1.807) is 0 Å². The smallest absolute Gasteiger partial charge is 0.407 e. The fourth-order valence-electron chi connectivity index (χ4n) is 3.82. The van der Waals surface area contributed by atoms with Gasteiger partial charge in [0.25, 0.3) is 0 Å². The van der Waals surface area contributed by atoms with Crippen molar-refractivity contribution in [2.75, 3.05) is 26.2 Å². The van der Waals surface area contributed by atoms with Crippen molar-refractivity contribution in [3.05, 3.63) is 0 Å². The number of amides is 1. The van der Waals surface area contributed by atoms with Gasteiger partial charge in [0.05, 0.1) is 0 Å². The van der Waals surface area contributed by atoms with E-state index in [0.717, 1.165) is 25.3 Å². The molecule has 0 aromatic rings. The van der Waals surface area contributed by atoms with Crippen molar-refractivity contribution >= 4 is 6.09 Å². The Morgan fingerprint density at radius 2 is 1.79 bits per heavy atom. The molecule has 5 nitrogen and oxygen atoms in total. The van der Waals surface area contributed by atoms with Crippen LogP contribution in [0.5, 0.6) is 0 Å². The fourth-order valence-corrected chi connectivity index (χ4v) is 3.82. The summed E-state index contributed by atoms with van der Waals surface area (Å²) in [6.07, 6.45) is 6.83. The van der Waals surface area contributed by atoms with E-state index in [0.29, 0.717) is 6.04 Å². The first-order valence-electron chi connectivity index (χ1n) is 9.81. The minimum absolute atomic E-state index is 0.244.